The Bertz CT molecular complexity index is 590. The van der Waals surface area contributed by atoms with E-state index < -0.39 is 5.91 Å². The molecule has 0 aromatic carbocycles. The van der Waals surface area contributed by atoms with Gasteiger partial charge in [-0.05, 0) is 49.7 Å². The van der Waals surface area contributed by atoms with Gasteiger partial charge >= 0.3 is 0 Å². The monoisotopic (exact) mass is 306 g/mol. The Labute approximate surface area is 131 Å². The molecule has 0 atom stereocenters. The van der Waals surface area contributed by atoms with E-state index in [1.807, 2.05) is 0 Å². The number of aryl methyl sites for hydroxylation is 1. The lowest BCUT2D eigenvalue weighted by atomic mass is 9.95. The first-order valence-electron chi connectivity index (χ1n) is 8.24. The molecule has 122 valence electrons. The summed E-state index contributed by atoms with van der Waals surface area (Å²) in [6, 6.07) is 1.68. The summed E-state index contributed by atoms with van der Waals surface area (Å²) in [4.78, 5) is 24.4. The first kappa shape index (κ1) is 16.7. The first-order chi connectivity index (χ1) is 10.5. The van der Waals surface area contributed by atoms with Crippen molar-refractivity contribution in [3.63, 3.8) is 0 Å². The number of amides is 1. The fraction of sp³-hybridized carbons (Fsp3) is 0.647. The summed E-state index contributed by atoms with van der Waals surface area (Å²) < 4.78 is 1.77. The number of aromatic nitrogens is 1. The molecular formula is C17H26N2O3. The van der Waals surface area contributed by atoms with Gasteiger partial charge in [-0.15, -0.1) is 0 Å². The molecule has 1 aromatic rings. The summed E-state index contributed by atoms with van der Waals surface area (Å²) >= 11 is 0. The van der Waals surface area contributed by atoms with Crippen LogP contribution in [0.3, 0.4) is 0 Å². The SMILES string of the molecule is CC(C)CCn1c2c(cc(C(=O)NO)c1=O)CCCCCC2. The van der Waals surface area contributed by atoms with Crippen LogP contribution < -0.4 is 11.0 Å². The third-order valence-corrected chi connectivity index (χ3v) is 4.38. The molecule has 0 radical (unpaired) electrons. The molecule has 0 spiro atoms. The molecule has 22 heavy (non-hydrogen) atoms. The van der Waals surface area contributed by atoms with Crippen molar-refractivity contribution in [1.29, 1.82) is 0 Å². The Balaban J connectivity index is 2.52. The minimum atomic E-state index is -0.715. The number of nitrogens with one attached hydrogen (secondary N) is 1. The molecule has 5 nitrogen and oxygen atoms in total. The van der Waals surface area contributed by atoms with Gasteiger partial charge in [-0.3, -0.25) is 14.8 Å². The van der Waals surface area contributed by atoms with Gasteiger partial charge in [0.1, 0.15) is 5.56 Å². The van der Waals surface area contributed by atoms with Crippen LogP contribution in [-0.4, -0.2) is 15.7 Å². The van der Waals surface area contributed by atoms with E-state index >= 15 is 0 Å². The molecule has 0 fully saturated rings. The molecule has 1 amide bonds. The van der Waals surface area contributed by atoms with E-state index in [0.717, 1.165) is 43.4 Å². The average molecular weight is 306 g/mol. The number of hydroxylamine groups is 1. The van der Waals surface area contributed by atoms with Crippen LogP contribution in [0.15, 0.2) is 10.9 Å². The minimum Gasteiger partial charge on any atom is -0.312 e. The van der Waals surface area contributed by atoms with Crippen LogP contribution >= 0.6 is 0 Å². The average Bonchev–Trinajstić information content (AvgIpc) is 2.46. The summed E-state index contributed by atoms with van der Waals surface area (Å²) in [7, 11) is 0. The maximum absolute atomic E-state index is 12.6. The summed E-state index contributed by atoms with van der Waals surface area (Å²) in [6.07, 6.45) is 7.22. The van der Waals surface area contributed by atoms with Crippen LogP contribution in [0.2, 0.25) is 0 Å². The van der Waals surface area contributed by atoms with Gasteiger partial charge in [0.05, 0.1) is 0 Å². The van der Waals surface area contributed by atoms with Crippen LogP contribution in [0.25, 0.3) is 0 Å². The van der Waals surface area contributed by atoms with Crippen molar-refractivity contribution in [3.8, 4) is 0 Å². The van der Waals surface area contributed by atoms with Gasteiger partial charge in [0.25, 0.3) is 11.5 Å². The van der Waals surface area contributed by atoms with Gasteiger partial charge in [0.2, 0.25) is 0 Å². The highest BCUT2D eigenvalue weighted by molar-refractivity contribution is 5.93. The molecule has 1 aromatic heterocycles. The lowest BCUT2D eigenvalue weighted by molar-refractivity contribution is 0.0703. The maximum atomic E-state index is 12.6. The van der Waals surface area contributed by atoms with Crippen molar-refractivity contribution in [3.05, 3.63) is 33.2 Å². The van der Waals surface area contributed by atoms with Gasteiger partial charge in [0, 0.05) is 12.2 Å². The standard InChI is InChI=1S/C17H26N2O3/c1-12(2)9-10-19-15-8-6-4-3-5-7-13(15)11-14(17(19)21)16(20)18-22/h11-12,22H,3-10H2,1-2H3,(H,18,20). The van der Waals surface area contributed by atoms with Crippen LogP contribution in [0.1, 0.15) is 67.6 Å². The molecule has 0 saturated carbocycles. The molecule has 0 saturated heterocycles. The van der Waals surface area contributed by atoms with Gasteiger partial charge in [0.15, 0.2) is 0 Å². The molecule has 1 aliphatic rings. The van der Waals surface area contributed by atoms with Crippen molar-refractivity contribution in [2.45, 2.75) is 65.3 Å². The van der Waals surface area contributed by atoms with Crippen molar-refractivity contribution < 1.29 is 10.0 Å². The van der Waals surface area contributed by atoms with Gasteiger partial charge in [-0.25, -0.2) is 5.48 Å². The van der Waals surface area contributed by atoms with Gasteiger partial charge in [-0.1, -0.05) is 26.7 Å². The Hall–Kier alpha value is -1.62. The molecular weight excluding hydrogens is 280 g/mol. The first-order valence-corrected chi connectivity index (χ1v) is 8.24. The van der Waals surface area contributed by atoms with Crippen LogP contribution in [0.5, 0.6) is 0 Å². The van der Waals surface area contributed by atoms with E-state index in [-0.39, 0.29) is 11.1 Å². The Morgan fingerprint density at radius 2 is 1.95 bits per heavy atom. The lowest BCUT2D eigenvalue weighted by Crippen LogP contribution is -2.34. The summed E-state index contributed by atoms with van der Waals surface area (Å²) in [6.45, 7) is 4.88. The zero-order valence-corrected chi connectivity index (χ0v) is 13.5. The third-order valence-electron chi connectivity index (χ3n) is 4.38. The van der Waals surface area contributed by atoms with Crippen molar-refractivity contribution in [1.82, 2.24) is 10.0 Å². The second-order valence-electron chi connectivity index (χ2n) is 6.52. The predicted octanol–water partition coefficient (Wildman–Crippen LogP) is 2.67. The van der Waals surface area contributed by atoms with E-state index in [1.165, 1.54) is 12.8 Å². The quantitative estimate of drug-likeness (QED) is 0.663. The van der Waals surface area contributed by atoms with Gasteiger partial charge in [-0.2, -0.15) is 0 Å². The van der Waals surface area contributed by atoms with E-state index in [1.54, 1.807) is 16.1 Å². The molecule has 0 unspecified atom stereocenters. The van der Waals surface area contributed by atoms with Crippen LogP contribution in [0.4, 0.5) is 0 Å². The molecule has 0 aliphatic heterocycles. The maximum Gasteiger partial charge on any atom is 0.280 e. The number of fused-ring (bicyclic) bond motifs is 1. The second kappa shape index (κ2) is 7.58. The van der Waals surface area contributed by atoms with Crippen molar-refractivity contribution in [2.75, 3.05) is 0 Å². The number of carbonyl (C=O) groups is 1. The van der Waals surface area contributed by atoms with Gasteiger partial charge < -0.3 is 4.57 Å². The smallest absolute Gasteiger partial charge is 0.280 e. The highest BCUT2D eigenvalue weighted by Gasteiger charge is 2.19. The van der Waals surface area contributed by atoms with Crippen LogP contribution in [0, 0.1) is 5.92 Å². The van der Waals surface area contributed by atoms with Crippen LogP contribution in [-0.2, 0) is 19.4 Å². The molecule has 0 bridgehead atoms. The normalized spacial score (nSPS) is 15.1. The number of carbonyl (C=O) groups excluding carboxylic acids is 1. The van der Waals surface area contributed by atoms with E-state index in [4.69, 9.17) is 5.21 Å². The second-order valence-corrected chi connectivity index (χ2v) is 6.52. The molecule has 2 N–H and O–H groups in total. The third kappa shape index (κ3) is 3.77. The molecule has 2 rings (SSSR count). The summed E-state index contributed by atoms with van der Waals surface area (Å²) in [5.74, 6) is -0.223. The fourth-order valence-electron chi connectivity index (χ4n) is 3.08. The number of hydrogen-bond acceptors (Lipinski definition) is 3. The predicted molar refractivity (Wildman–Crippen MR) is 85.3 cm³/mol. The highest BCUT2D eigenvalue weighted by atomic mass is 16.5. The van der Waals surface area contributed by atoms with Crippen molar-refractivity contribution >= 4 is 5.91 Å². The highest BCUT2D eigenvalue weighted by Crippen LogP contribution is 2.21. The lowest BCUT2D eigenvalue weighted by Gasteiger charge is -2.21. The van der Waals surface area contributed by atoms with E-state index in [2.05, 4.69) is 13.8 Å². The Kier molecular flexibility index (Phi) is 5.77. The Morgan fingerprint density at radius 3 is 2.59 bits per heavy atom. The number of pyridine rings is 1. The van der Waals surface area contributed by atoms with Crippen molar-refractivity contribution in [2.24, 2.45) is 5.92 Å². The zero-order valence-electron chi connectivity index (χ0n) is 13.5. The largest absolute Gasteiger partial charge is 0.312 e. The number of hydrogen-bond donors (Lipinski definition) is 2. The van der Waals surface area contributed by atoms with E-state index in [0.29, 0.717) is 12.5 Å². The number of rotatable bonds is 4. The summed E-state index contributed by atoms with van der Waals surface area (Å²) in [5.41, 5.74) is 3.53. The molecule has 1 heterocycles. The van der Waals surface area contributed by atoms with E-state index in [9.17, 15) is 9.59 Å². The molecule has 1 aliphatic carbocycles. The molecule has 5 heteroatoms. The topological polar surface area (TPSA) is 71.3 Å². The Morgan fingerprint density at radius 1 is 1.27 bits per heavy atom. The fourth-order valence-corrected chi connectivity index (χ4v) is 3.08. The number of nitrogens with zero attached hydrogens (tertiary/aromatic N) is 1. The minimum absolute atomic E-state index is 0.0468. The zero-order chi connectivity index (χ0) is 16.1. The summed E-state index contributed by atoms with van der Waals surface area (Å²) in [5, 5.41) is 8.88.